The first kappa shape index (κ1) is 12.6. The van der Waals surface area contributed by atoms with Crippen LogP contribution in [0.5, 0.6) is 0 Å². The SMILES string of the molecule is CCN(CC)C(=S)[S-].[Te+4]. The molecule has 0 rings (SSSR count). The number of rotatable bonds is 2. The number of thiocarbonyl (C=S) groups is 1. The fourth-order valence-corrected chi connectivity index (χ4v) is 0.998. The van der Waals surface area contributed by atoms with Gasteiger partial charge in [0.05, 0.1) is 0 Å². The van der Waals surface area contributed by atoms with Crippen LogP contribution in [0.4, 0.5) is 0 Å². The minimum Gasteiger partial charge on any atom is -0.411 e. The molecule has 0 fully saturated rings. The van der Waals surface area contributed by atoms with Crippen molar-refractivity contribution >= 4 is 52.8 Å². The minimum absolute atomic E-state index is 0. The quantitative estimate of drug-likeness (QED) is 0.417. The Labute approximate surface area is 84.3 Å². The van der Waals surface area contributed by atoms with Gasteiger partial charge in [-0.1, -0.05) is 4.32 Å². The Kier molecular flexibility index (Phi) is 9.79. The summed E-state index contributed by atoms with van der Waals surface area (Å²) in [5.41, 5.74) is 0. The van der Waals surface area contributed by atoms with Crippen molar-refractivity contribution in [3.05, 3.63) is 0 Å². The predicted molar refractivity (Wildman–Crippen MR) is 48.6 cm³/mol. The van der Waals surface area contributed by atoms with E-state index in [4.69, 9.17) is 24.8 Å². The normalized spacial score (nSPS) is 7.78. The molecule has 2 radical (unpaired) electrons. The Balaban J connectivity index is 0. The van der Waals surface area contributed by atoms with Crippen LogP contribution in [0, 0.1) is 0 Å². The summed E-state index contributed by atoms with van der Waals surface area (Å²) < 4.78 is 0.579. The molecule has 0 bridgehead atoms. The summed E-state index contributed by atoms with van der Waals surface area (Å²) in [5.74, 6) is 0. The first-order chi connectivity index (χ1) is 3.72. The maximum Gasteiger partial charge on any atom is 4.00 e. The average Bonchev–Trinajstić information content (AvgIpc) is 1.69. The van der Waals surface area contributed by atoms with Gasteiger partial charge in [0.1, 0.15) is 0 Å². The van der Waals surface area contributed by atoms with Crippen LogP contribution in [-0.2, 0) is 12.6 Å². The van der Waals surface area contributed by atoms with Gasteiger partial charge in [-0.05, 0) is 13.8 Å². The summed E-state index contributed by atoms with van der Waals surface area (Å²) in [5, 5.41) is 0. The van der Waals surface area contributed by atoms with Gasteiger partial charge in [-0.2, -0.15) is 0 Å². The van der Waals surface area contributed by atoms with E-state index < -0.39 is 0 Å². The molecule has 0 atom stereocenters. The molecule has 0 heterocycles. The first-order valence-electron chi connectivity index (χ1n) is 2.68. The van der Waals surface area contributed by atoms with E-state index in [1.807, 2.05) is 18.7 Å². The van der Waals surface area contributed by atoms with E-state index >= 15 is 0 Å². The van der Waals surface area contributed by atoms with E-state index in [0.717, 1.165) is 13.1 Å². The van der Waals surface area contributed by atoms with Gasteiger partial charge in [0, 0.05) is 13.1 Å². The summed E-state index contributed by atoms with van der Waals surface area (Å²) in [6, 6.07) is 0. The maximum absolute atomic E-state index is 4.76. The molecule has 9 heavy (non-hydrogen) atoms. The molecule has 0 N–H and O–H groups in total. The molecule has 0 saturated carbocycles. The second-order valence-corrected chi connectivity index (χ2v) is 2.47. The Morgan fingerprint density at radius 3 is 1.78 bits per heavy atom. The van der Waals surface area contributed by atoms with Gasteiger partial charge in [-0.25, -0.2) is 0 Å². The van der Waals surface area contributed by atoms with E-state index in [1.54, 1.807) is 0 Å². The van der Waals surface area contributed by atoms with Gasteiger partial charge < -0.3 is 29.7 Å². The van der Waals surface area contributed by atoms with Gasteiger partial charge in [-0.3, -0.25) is 0 Å². The zero-order valence-corrected chi connectivity index (χ0v) is 9.55. The summed E-state index contributed by atoms with van der Waals surface area (Å²) in [4.78, 5) is 1.96. The van der Waals surface area contributed by atoms with Crippen molar-refractivity contribution in [3.63, 3.8) is 0 Å². The molecule has 0 aliphatic carbocycles. The molecule has 0 aromatic rings. The molecule has 0 aliphatic heterocycles. The van der Waals surface area contributed by atoms with Crippen LogP contribution in [-0.4, -0.2) is 46.0 Å². The monoisotopic (exact) mass is 278 g/mol. The molecular weight excluding hydrogens is 266 g/mol. The molecule has 1 nitrogen and oxygen atoms in total. The summed E-state index contributed by atoms with van der Waals surface area (Å²) >= 11 is 9.51. The molecule has 4 heteroatoms. The van der Waals surface area contributed by atoms with Crippen molar-refractivity contribution in [2.75, 3.05) is 13.1 Å². The van der Waals surface area contributed by atoms with Crippen molar-refractivity contribution in [3.8, 4) is 0 Å². The molecule has 0 aromatic carbocycles. The van der Waals surface area contributed by atoms with Crippen LogP contribution in [0.1, 0.15) is 13.8 Å². The second kappa shape index (κ2) is 7.01. The fraction of sp³-hybridized carbons (Fsp3) is 0.800. The Morgan fingerprint density at radius 2 is 1.78 bits per heavy atom. The fourth-order valence-electron chi connectivity index (χ4n) is 0.482. The van der Waals surface area contributed by atoms with Crippen LogP contribution in [0.15, 0.2) is 0 Å². The molecule has 0 unspecified atom stereocenters. The van der Waals surface area contributed by atoms with Crippen molar-refractivity contribution in [2.24, 2.45) is 0 Å². The molecule has 0 spiro atoms. The summed E-state index contributed by atoms with van der Waals surface area (Å²) in [7, 11) is 0. The molecule has 0 amide bonds. The van der Waals surface area contributed by atoms with Crippen LogP contribution < -0.4 is 0 Å². The van der Waals surface area contributed by atoms with Crippen molar-refractivity contribution < 1.29 is 0 Å². The Bertz CT molecular complexity index is 83.0. The topological polar surface area (TPSA) is 3.24 Å². The predicted octanol–water partition coefficient (Wildman–Crippen LogP) is 0.779. The summed E-state index contributed by atoms with van der Waals surface area (Å²) in [6.07, 6.45) is 0. The van der Waals surface area contributed by atoms with Gasteiger partial charge in [0.25, 0.3) is 0 Å². The molecule has 50 valence electrons. The maximum atomic E-state index is 4.76. The molecular formula is C5H10NS2Te+3. The third-order valence-corrected chi connectivity index (χ3v) is 1.54. The van der Waals surface area contributed by atoms with E-state index in [0.29, 0.717) is 4.32 Å². The van der Waals surface area contributed by atoms with Crippen molar-refractivity contribution in [2.45, 2.75) is 13.8 Å². The standard InChI is InChI=1S/C5H11NS2.Te/c1-3-6(4-2)5(7)8;/h3-4H2,1-2H3,(H,7,8);/q;+4/p-1. The third-order valence-electron chi connectivity index (χ3n) is 1.02. The zero-order chi connectivity index (χ0) is 6.57. The molecule has 0 saturated heterocycles. The van der Waals surface area contributed by atoms with E-state index in [1.165, 1.54) is 0 Å². The van der Waals surface area contributed by atoms with E-state index in [9.17, 15) is 0 Å². The van der Waals surface area contributed by atoms with Gasteiger partial charge in [0.2, 0.25) is 0 Å². The van der Waals surface area contributed by atoms with Gasteiger partial charge in [-0.15, -0.1) is 0 Å². The van der Waals surface area contributed by atoms with Gasteiger partial charge in [0.15, 0.2) is 0 Å². The van der Waals surface area contributed by atoms with Crippen LogP contribution in [0.2, 0.25) is 0 Å². The Morgan fingerprint density at radius 1 is 1.44 bits per heavy atom. The summed E-state index contributed by atoms with van der Waals surface area (Å²) in [6.45, 7) is 5.95. The van der Waals surface area contributed by atoms with Crippen LogP contribution >= 0.6 is 12.2 Å². The largest absolute Gasteiger partial charge is 4.00 e. The zero-order valence-electron chi connectivity index (χ0n) is 5.59. The Hall–Kier alpha value is 0.900. The van der Waals surface area contributed by atoms with Crippen molar-refractivity contribution in [1.29, 1.82) is 0 Å². The van der Waals surface area contributed by atoms with E-state index in [2.05, 4.69) is 0 Å². The van der Waals surface area contributed by atoms with Crippen LogP contribution in [0.3, 0.4) is 0 Å². The van der Waals surface area contributed by atoms with E-state index in [-0.39, 0.29) is 23.7 Å². The van der Waals surface area contributed by atoms with Crippen molar-refractivity contribution in [1.82, 2.24) is 4.90 Å². The smallest absolute Gasteiger partial charge is 0.411 e. The second-order valence-electron chi connectivity index (χ2n) is 1.44. The van der Waals surface area contributed by atoms with Gasteiger partial charge >= 0.3 is 23.7 Å². The number of hydrogen-bond acceptors (Lipinski definition) is 2. The average molecular weight is 276 g/mol. The molecule has 0 aromatic heterocycles. The molecule has 0 aliphatic rings. The van der Waals surface area contributed by atoms with Crippen LogP contribution in [0.25, 0.3) is 0 Å². The number of nitrogens with zero attached hydrogens (tertiary/aromatic N) is 1. The minimum atomic E-state index is 0. The number of hydrogen-bond donors (Lipinski definition) is 0. The third kappa shape index (κ3) is 5.35. The first-order valence-corrected chi connectivity index (χ1v) is 3.50.